The Hall–Kier alpha value is -0.850. The third kappa shape index (κ3) is 6.32. The molecule has 0 heterocycles. The third-order valence-corrected chi connectivity index (χ3v) is 1.74. The van der Waals surface area contributed by atoms with Crippen LogP contribution in [0.15, 0.2) is 24.3 Å². The SMILES string of the molecule is C/C=C/CC/C=C/C(=O)C(C)(C)C. The molecule has 0 rings (SSSR count). The minimum atomic E-state index is -0.239. The predicted molar refractivity (Wildman–Crippen MR) is 57.7 cm³/mol. The fourth-order valence-corrected chi connectivity index (χ4v) is 0.799. The van der Waals surface area contributed by atoms with Crippen molar-refractivity contribution in [1.29, 1.82) is 0 Å². The molecule has 0 aromatic heterocycles. The summed E-state index contributed by atoms with van der Waals surface area (Å²) >= 11 is 0. The molecule has 0 saturated heterocycles. The lowest BCUT2D eigenvalue weighted by atomic mass is 9.90. The molecular formula is C12H20O. The molecule has 0 radical (unpaired) electrons. The maximum Gasteiger partial charge on any atom is 0.160 e. The van der Waals surface area contributed by atoms with Crippen LogP contribution in [0.25, 0.3) is 0 Å². The van der Waals surface area contributed by atoms with Crippen LogP contribution in [0.5, 0.6) is 0 Å². The van der Waals surface area contributed by atoms with Crippen LogP contribution in [0.3, 0.4) is 0 Å². The van der Waals surface area contributed by atoms with Gasteiger partial charge in [0.15, 0.2) is 5.78 Å². The summed E-state index contributed by atoms with van der Waals surface area (Å²) < 4.78 is 0. The predicted octanol–water partition coefficient (Wildman–Crippen LogP) is 3.51. The molecule has 0 spiro atoms. The largest absolute Gasteiger partial charge is 0.294 e. The Kier molecular flexibility index (Phi) is 5.36. The Balaban J connectivity index is 3.79. The Bertz CT molecular complexity index is 204. The van der Waals surface area contributed by atoms with E-state index in [2.05, 4.69) is 6.08 Å². The highest BCUT2D eigenvalue weighted by atomic mass is 16.1. The Morgan fingerprint density at radius 2 is 1.69 bits per heavy atom. The second-order valence-corrected chi connectivity index (χ2v) is 4.16. The number of ketones is 1. The summed E-state index contributed by atoms with van der Waals surface area (Å²) in [6, 6.07) is 0. The minimum Gasteiger partial charge on any atom is -0.294 e. The second-order valence-electron chi connectivity index (χ2n) is 4.16. The van der Waals surface area contributed by atoms with Crippen LogP contribution in [0.4, 0.5) is 0 Å². The number of unbranched alkanes of at least 4 members (excludes halogenated alkanes) is 1. The van der Waals surface area contributed by atoms with Crippen LogP contribution in [-0.2, 0) is 4.79 Å². The summed E-state index contributed by atoms with van der Waals surface area (Å²) in [5.41, 5.74) is -0.239. The van der Waals surface area contributed by atoms with E-state index in [1.165, 1.54) is 0 Å². The van der Waals surface area contributed by atoms with Gasteiger partial charge in [-0.2, -0.15) is 0 Å². The first-order valence-electron chi connectivity index (χ1n) is 4.80. The van der Waals surface area contributed by atoms with Crippen molar-refractivity contribution in [3.05, 3.63) is 24.3 Å². The lowest BCUT2D eigenvalue weighted by Gasteiger charge is -2.12. The number of hydrogen-bond acceptors (Lipinski definition) is 1. The van der Waals surface area contributed by atoms with Crippen LogP contribution in [0, 0.1) is 5.41 Å². The van der Waals surface area contributed by atoms with Crippen molar-refractivity contribution in [2.75, 3.05) is 0 Å². The molecule has 0 aliphatic rings. The maximum atomic E-state index is 11.4. The summed E-state index contributed by atoms with van der Waals surface area (Å²) in [7, 11) is 0. The summed E-state index contributed by atoms with van der Waals surface area (Å²) in [4.78, 5) is 11.4. The van der Waals surface area contributed by atoms with Crippen molar-refractivity contribution in [3.63, 3.8) is 0 Å². The lowest BCUT2D eigenvalue weighted by Crippen LogP contribution is -2.17. The molecule has 0 unspecified atom stereocenters. The van der Waals surface area contributed by atoms with Gasteiger partial charge >= 0.3 is 0 Å². The fraction of sp³-hybridized carbons (Fsp3) is 0.583. The van der Waals surface area contributed by atoms with Crippen LogP contribution >= 0.6 is 0 Å². The molecule has 0 aromatic carbocycles. The zero-order valence-electron chi connectivity index (χ0n) is 9.13. The summed E-state index contributed by atoms with van der Waals surface area (Å²) in [6.07, 6.45) is 9.75. The van der Waals surface area contributed by atoms with E-state index in [0.29, 0.717) is 0 Å². The van der Waals surface area contributed by atoms with Crippen molar-refractivity contribution in [3.8, 4) is 0 Å². The zero-order chi connectivity index (χ0) is 10.3. The van der Waals surface area contributed by atoms with Gasteiger partial charge in [0.25, 0.3) is 0 Å². The quantitative estimate of drug-likeness (QED) is 0.367. The molecule has 0 fully saturated rings. The summed E-state index contributed by atoms with van der Waals surface area (Å²) in [5.74, 6) is 0.202. The van der Waals surface area contributed by atoms with Gasteiger partial charge < -0.3 is 0 Å². The molecule has 0 N–H and O–H groups in total. The smallest absolute Gasteiger partial charge is 0.160 e. The van der Waals surface area contributed by atoms with E-state index in [1.807, 2.05) is 39.8 Å². The van der Waals surface area contributed by atoms with Crippen molar-refractivity contribution in [2.24, 2.45) is 5.41 Å². The third-order valence-electron chi connectivity index (χ3n) is 1.74. The summed E-state index contributed by atoms with van der Waals surface area (Å²) in [5, 5.41) is 0. The van der Waals surface area contributed by atoms with E-state index in [1.54, 1.807) is 6.08 Å². The molecule has 1 nitrogen and oxygen atoms in total. The van der Waals surface area contributed by atoms with Gasteiger partial charge in [-0.15, -0.1) is 0 Å². The average Bonchev–Trinajstić information content (AvgIpc) is 2.02. The van der Waals surface area contributed by atoms with Gasteiger partial charge in [-0.3, -0.25) is 4.79 Å². The molecule has 0 atom stereocenters. The molecule has 0 saturated carbocycles. The van der Waals surface area contributed by atoms with Crippen molar-refractivity contribution < 1.29 is 4.79 Å². The molecule has 0 bridgehead atoms. The molecule has 0 aliphatic carbocycles. The Morgan fingerprint density at radius 1 is 1.15 bits per heavy atom. The van der Waals surface area contributed by atoms with Gasteiger partial charge in [0.2, 0.25) is 0 Å². The highest BCUT2D eigenvalue weighted by Gasteiger charge is 2.17. The highest BCUT2D eigenvalue weighted by Crippen LogP contribution is 2.15. The monoisotopic (exact) mass is 180 g/mol. The van der Waals surface area contributed by atoms with Crippen LogP contribution in [0.2, 0.25) is 0 Å². The zero-order valence-corrected chi connectivity index (χ0v) is 9.13. The number of allylic oxidation sites excluding steroid dienone is 4. The molecule has 0 amide bonds. The van der Waals surface area contributed by atoms with Gasteiger partial charge in [0.05, 0.1) is 0 Å². The van der Waals surface area contributed by atoms with E-state index in [-0.39, 0.29) is 11.2 Å². The lowest BCUT2D eigenvalue weighted by molar-refractivity contribution is -0.121. The van der Waals surface area contributed by atoms with Crippen LogP contribution in [-0.4, -0.2) is 5.78 Å². The number of rotatable bonds is 4. The van der Waals surface area contributed by atoms with Gasteiger partial charge in [0, 0.05) is 5.41 Å². The van der Waals surface area contributed by atoms with Gasteiger partial charge in [-0.05, 0) is 25.8 Å². The highest BCUT2D eigenvalue weighted by molar-refractivity contribution is 5.93. The second kappa shape index (κ2) is 5.74. The maximum absolute atomic E-state index is 11.4. The van der Waals surface area contributed by atoms with Crippen molar-refractivity contribution >= 4 is 5.78 Å². The molecular weight excluding hydrogens is 160 g/mol. The first-order chi connectivity index (χ1) is 5.98. The molecule has 74 valence electrons. The number of carbonyl (C=O) groups excluding carboxylic acids is 1. The summed E-state index contributed by atoms with van der Waals surface area (Å²) in [6.45, 7) is 7.81. The van der Waals surface area contributed by atoms with Crippen molar-refractivity contribution in [2.45, 2.75) is 40.5 Å². The first-order valence-corrected chi connectivity index (χ1v) is 4.80. The van der Waals surface area contributed by atoms with E-state index < -0.39 is 0 Å². The molecule has 0 aliphatic heterocycles. The number of carbonyl (C=O) groups is 1. The molecule has 13 heavy (non-hydrogen) atoms. The van der Waals surface area contributed by atoms with E-state index in [0.717, 1.165) is 12.8 Å². The molecule has 0 aromatic rings. The van der Waals surface area contributed by atoms with Gasteiger partial charge in [-0.25, -0.2) is 0 Å². The fourth-order valence-electron chi connectivity index (χ4n) is 0.799. The number of hydrogen-bond donors (Lipinski definition) is 0. The van der Waals surface area contributed by atoms with E-state index in [9.17, 15) is 4.79 Å². The standard InChI is InChI=1S/C12H20O/c1-5-6-7-8-9-10-11(13)12(2,3)4/h5-6,9-10H,7-8H2,1-4H3/b6-5+,10-9+. The van der Waals surface area contributed by atoms with E-state index >= 15 is 0 Å². The van der Waals surface area contributed by atoms with Gasteiger partial charge in [0.1, 0.15) is 0 Å². The first kappa shape index (κ1) is 12.2. The van der Waals surface area contributed by atoms with Crippen LogP contribution in [0.1, 0.15) is 40.5 Å². The topological polar surface area (TPSA) is 17.1 Å². The van der Waals surface area contributed by atoms with E-state index in [4.69, 9.17) is 0 Å². The average molecular weight is 180 g/mol. The van der Waals surface area contributed by atoms with Crippen LogP contribution < -0.4 is 0 Å². The van der Waals surface area contributed by atoms with Gasteiger partial charge in [-0.1, -0.05) is 39.0 Å². The Morgan fingerprint density at radius 3 is 2.15 bits per heavy atom. The van der Waals surface area contributed by atoms with Crippen molar-refractivity contribution in [1.82, 2.24) is 0 Å². The Labute approximate surface area is 81.5 Å². The normalized spacial score (nSPS) is 12.9. The molecule has 1 heteroatoms. The minimum absolute atomic E-state index is 0.202.